The lowest BCUT2D eigenvalue weighted by Crippen LogP contribution is -2.03. The molecule has 1 heterocycles. The van der Waals surface area contributed by atoms with Crippen LogP contribution in [0.25, 0.3) is 0 Å². The largest absolute Gasteiger partial charge is 0.492 e. The summed E-state index contributed by atoms with van der Waals surface area (Å²) in [4.78, 5) is 4.09. The molecule has 3 nitrogen and oxygen atoms in total. The Bertz CT molecular complexity index is 525. The first kappa shape index (κ1) is 12.6. The van der Waals surface area contributed by atoms with Gasteiger partial charge in [0.1, 0.15) is 11.9 Å². The average molecular weight is 243 g/mol. The highest BCUT2D eigenvalue weighted by atomic mass is 16.5. The Morgan fingerprint density at radius 1 is 1.28 bits per heavy atom. The summed E-state index contributed by atoms with van der Waals surface area (Å²) in [5, 5.41) is 10.4. The number of hydrogen-bond acceptors (Lipinski definition) is 3. The SMILES string of the molecule is CCOc1cncc(C(O)c2ccccc2C)c1. The van der Waals surface area contributed by atoms with E-state index in [9.17, 15) is 5.11 Å². The Balaban J connectivity index is 2.31. The summed E-state index contributed by atoms with van der Waals surface area (Å²) in [7, 11) is 0. The van der Waals surface area contributed by atoms with Crippen LogP contribution in [0.2, 0.25) is 0 Å². The van der Waals surface area contributed by atoms with Crippen LogP contribution in [0, 0.1) is 6.92 Å². The molecule has 0 radical (unpaired) electrons. The van der Waals surface area contributed by atoms with Crippen molar-refractivity contribution in [2.75, 3.05) is 6.61 Å². The molecule has 2 rings (SSSR count). The average Bonchev–Trinajstić information content (AvgIpc) is 2.39. The molecule has 0 bridgehead atoms. The zero-order valence-corrected chi connectivity index (χ0v) is 10.6. The first-order valence-electron chi connectivity index (χ1n) is 6.03. The van der Waals surface area contributed by atoms with Crippen LogP contribution in [0.15, 0.2) is 42.7 Å². The van der Waals surface area contributed by atoms with E-state index in [1.54, 1.807) is 12.4 Å². The number of aliphatic hydroxyl groups excluding tert-OH is 1. The first-order valence-corrected chi connectivity index (χ1v) is 6.03. The Labute approximate surface area is 107 Å². The number of aryl methyl sites for hydroxylation is 1. The highest BCUT2D eigenvalue weighted by molar-refractivity contribution is 5.36. The van der Waals surface area contributed by atoms with Gasteiger partial charge in [0.2, 0.25) is 0 Å². The summed E-state index contributed by atoms with van der Waals surface area (Å²) in [6.07, 6.45) is 2.65. The summed E-state index contributed by atoms with van der Waals surface area (Å²) >= 11 is 0. The fourth-order valence-corrected chi connectivity index (χ4v) is 1.90. The predicted octanol–water partition coefficient (Wildman–Crippen LogP) is 2.87. The Morgan fingerprint density at radius 2 is 2.06 bits per heavy atom. The Kier molecular flexibility index (Phi) is 3.95. The number of hydrogen-bond donors (Lipinski definition) is 1. The third-order valence-corrected chi connectivity index (χ3v) is 2.84. The summed E-state index contributed by atoms with van der Waals surface area (Å²) < 4.78 is 5.39. The lowest BCUT2D eigenvalue weighted by molar-refractivity contribution is 0.218. The fourth-order valence-electron chi connectivity index (χ4n) is 1.90. The quantitative estimate of drug-likeness (QED) is 0.897. The number of rotatable bonds is 4. The van der Waals surface area contributed by atoms with Gasteiger partial charge in [0, 0.05) is 11.8 Å². The molecule has 1 N–H and O–H groups in total. The van der Waals surface area contributed by atoms with Crippen LogP contribution in [0.5, 0.6) is 5.75 Å². The smallest absolute Gasteiger partial charge is 0.137 e. The van der Waals surface area contributed by atoms with E-state index in [1.807, 2.05) is 44.2 Å². The monoisotopic (exact) mass is 243 g/mol. The number of benzene rings is 1. The lowest BCUT2D eigenvalue weighted by Gasteiger charge is -2.14. The first-order chi connectivity index (χ1) is 8.72. The van der Waals surface area contributed by atoms with Gasteiger partial charge in [-0.05, 0) is 31.0 Å². The number of pyridine rings is 1. The predicted molar refractivity (Wildman–Crippen MR) is 70.6 cm³/mol. The van der Waals surface area contributed by atoms with Crippen molar-refractivity contribution in [3.63, 3.8) is 0 Å². The molecule has 18 heavy (non-hydrogen) atoms. The molecule has 2 aromatic rings. The lowest BCUT2D eigenvalue weighted by atomic mass is 9.99. The number of nitrogens with zero attached hydrogens (tertiary/aromatic N) is 1. The van der Waals surface area contributed by atoms with E-state index in [4.69, 9.17) is 4.74 Å². The van der Waals surface area contributed by atoms with Crippen molar-refractivity contribution in [1.29, 1.82) is 0 Å². The van der Waals surface area contributed by atoms with Crippen molar-refractivity contribution in [2.45, 2.75) is 20.0 Å². The second kappa shape index (κ2) is 5.65. The van der Waals surface area contributed by atoms with E-state index < -0.39 is 6.10 Å². The van der Waals surface area contributed by atoms with E-state index >= 15 is 0 Å². The van der Waals surface area contributed by atoms with Gasteiger partial charge in [0.15, 0.2) is 0 Å². The molecular formula is C15H17NO2. The van der Waals surface area contributed by atoms with Gasteiger partial charge in [0.05, 0.1) is 12.8 Å². The minimum Gasteiger partial charge on any atom is -0.492 e. The third-order valence-electron chi connectivity index (χ3n) is 2.84. The zero-order valence-electron chi connectivity index (χ0n) is 10.6. The fraction of sp³-hybridized carbons (Fsp3) is 0.267. The second-order valence-electron chi connectivity index (χ2n) is 4.15. The number of ether oxygens (including phenoxy) is 1. The molecule has 1 unspecified atom stereocenters. The summed E-state index contributed by atoms with van der Waals surface area (Å²) in [6.45, 7) is 4.49. The maximum atomic E-state index is 10.4. The molecule has 1 aromatic heterocycles. The van der Waals surface area contributed by atoms with E-state index in [-0.39, 0.29) is 0 Å². The minimum atomic E-state index is -0.667. The molecule has 0 aliphatic heterocycles. The summed E-state index contributed by atoms with van der Waals surface area (Å²) in [6, 6.07) is 9.62. The van der Waals surface area contributed by atoms with Crippen molar-refractivity contribution >= 4 is 0 Å². The van der Waals surface area contributed by atoms with E-state index in [0.29, 0.717) is 12.4 Å². The molecule has 1 atom stereocenters. The van der Waals surface area contributed by atoms with Crippen LogP contribution in [0.1, 0.15) is 29.7 Å². The third kappa shape index (κ3) is 2.68. The molecule has 0 saturated heterocycles. The van der Waals surface area contributed by atoms with Crippen molar-refractivity contribution in [2.24, 2.45) is 0 Å². The minimum absolute atomic E-state index is 0.589. The van der Waals surface area contributed by atoms with Gasteiger partial charge in [-0.25, -0.2) is 0 Å². The van der Waals surface area contributed by atoms with Crippen LogP contribution < -0.4 is 4.74 Å². The molecule has 0 aliphatic carbocycles. The van der Waals surface area contributed by atoms with Crippen LogP contribution in [-0.2, 0) is 0 Å². The van der Waals surface area contributed by atoms with Crippen LogP contribution in [-0.4, -0.2) is 16.7 Å². The zero-order chi connectivity index (χ0) is 13.0. The van der Waals surface area contributed by atoms with Crippen molar-refractivity contribution in [1.82, 2.24) is 4.98 Å². The van der Waals surface area contributed by atoms with Crippen molar-refractivity contribution < 1.29 is 9.84 Å². The van der Waals surface area contributed by atoms with Gasteiger partial charge in [-0.3, -0.25) is 4.98 Å². The van der Waals surface area contributed by atoms with Gasteiger partial charge in [-0.2, -0.15) is 0 Å². The molecule has 0 fully saturated rings. The Hall–Kier alpha value is -1.87. The topological polar surface area (TPSA) is 42.4 Å². The van der Waals surface area contributed by atoms with Crippen molar-refractivity contribution in [3.05, 3.63) is 59.4 Å². The van der Waals surface area contributed by atoms with E-state index in [1.165, 1.54) is 0 Å². The molecule has 0 amide bonds. The van der Waals surface area contributed by atoms with Crippen molar-refractivity contribution in [3.8, 4) is 5.75 Å². The van der Waals surface area contributed by atoms with Gasteiger partial charge in [-0.15, -0.1) is 0 Å². The maximum absolute atomic E-state index is 10.4. The van der Waals surface area contributed by atoms with Gasteiger partial charge < -0.3 is 9.84 Å². The van der Waals surface area contributed by atoms with Gasteiger partial charge in [0.25, 0.3) is 0 Å². The summed E-state index contributed by atoms with van der Waals surface area (Å²) in [5.74, 6) is 0.683. The van der Waals surface area contributed by atoms with Gasteiger partial charge in [-0.1, -0.05) is 24.3 Å². The number of aromatic nitrogens is 1. The normalized spacial score (nSPS) is 12.2. The molecular weight excluding hydrogens is 226 g/mol. The molecule has 1 aromatic carbocycles. The standard InChI is InChI=1S/C15H17NO2/c1-3-18-13-8-12(9-16-10-13)15(17)14-7-5-4-6-11(14)2/h4-10,15,17H,3H2,1-2H3. The molecule has 3 heteroatoms. The van der Waals surface area contributed by atoms with E-state index in [2.05, 4.69) is 4.98 Å². The Morgan fingerprint density at radius 3 is 2.78 bits per heavy atom. The second-order valence-corrected chi connectivity index (χ2v) is 4.15. The van der Waals surface area contributed by atoms with E-state index in [0.717, 1.165) is 16.7 Å². The maximum Gasteiger partial charge on any atom is 0.137 e. The van der Waals surface area contributed by atoms with Crippen LogP contribution >= 0.6 is 0 Å². The van der Waals surface area contributed by atoms with Gasteiger partial charge >= 0.3 is 0 Å². The summed E-state index contributed by atoms with van der Waals surface area (Å²) in [5.41, 5.74) is 2.70. The molecule has 0 aliphatic rings. The molecule has 0 saturated carbocycles. The van der Waals surface area contributed by atoms with Crippen LogP contribution in [0.3, 0.4) is 0 Å². The molecule has 94 valence electrons. The number of aliphatic hydroxyl groups is 1. The molecule has 0 spiro atoms. The highest BCUT2D eigenvalue weighted by Gasteiger charge is 2.13. The highest BCUT2D eigenvalue weighted by Crippen LogP contribution is 2.26. The van der Waals surface area contributed by atoms with Crippen LogP contribution in [0.4, 0.5) is 0 Å².